The molecule has 137 valence electrons. The average Bonchev–Trinajstić information content (AvgIpc) is 2.46. The van der Waals surface area contributed by atoms with Crippen LogP contribution in [0.4, 0.5) is 0 Å². The maximum atomic E-state index is 4.36. The van der Waals surface area contributed by atoms with E-state index in [-0.39, 0.29) is 30.4 Å². The van der Waals surface area contributed by atoms with Crippen molar-refractivity contribution in [1.82, 2.24) is 3.80 Å². The normalized spacial score (nSPS) is 25.1. The van der Waals surface area contributed by atoms with Crippen LogP contribution in [0.25, 0.3) is 0 Å². The first-order valence-corrected chi connectivity index (χ1v) is 24.9. The Morgan fingerprint density at radius 2 is 1.36 bits per heavy atom. The van der Waals surface area contributed by atoms with Crippen LogP contribution in [-0.4, -0.2) is 12.2 Å². The minimum Gasteiger partial charge on any atom is -0.147 e. The van der Waals surface area contributed by atoms with Crippen molar-refractivity contribution in [3.8, 4) is 0 Å². The molecular weight excluding hydrogens is 365 g/mol. The minimum absolute atomic E-state index is 0. The van der Waals surface area contributed by atoms with Gasteiger partial charge in [-0.2, -0.15) is 0 Å². The van der Waals surface area contributed by atoms with Gasteiger partial charge in [-0.1, -0.05) is 0 Å². The van der Waals surface area contributed by atoms with Crippen LogP contribution in [0.5, 0.6) is 0 Å². The molecule has 0 saturated carbocycles. The largest absolute Gasteiger partial charge is 0.147 e. The van der Waals surface area contributed by atoms with Crippen molar-refractivity contribution in [2.75, 3.05) is 0 Å². The van der Waals surface area contributed by atoms with Crippen molar-refractivity contribution in [2.45, 2.75) is 77.2 Å². The first kappa shape index (κ1) is 25.2. The van der Waals surface area contributed by atoms with E-state index in [1.165, 1.54) is 0 Å². The molecule has 1 nitrogen and oxygen atoms in total. The Balaban J connectivity index is 0. The molecule has 0 fully saturated rings. The summed E-state index contributed by atoms with van der Waals surface area (Å²) in [5.41, 5.74) is 0.0698. The zero-order valence-corrected chi connectivity index (χ0v) is 21.2. The molecule has 0 aliphatic heterocycles. The maximum absolute atomic E-state index is 4.92. The third-order valence-corrected chi connectivity index (χ3v) is 68.0. The monoisotopic (exact) mass is 406 g/mol. The van der Waals surface area contributed by atoms with Crippen molar-refractivity contribution in [3.63, 3.8) is 0 Å². The molecule has 5 heteroatoms. The van der Waals surface area contributed by atoms with Gasteiger partial charge in [0.25, 0.3) is 0 Å². The van der Waals surface area contributed by atoms with Gasteiger partial charge in [0.2, 0.25) is 0 Å². The maximum Gasteiger partial charge on any atom is -0.147 e. The molecule has 22 heavy (non-hydrogen) atoms. The fraction of sp³-hybridized carbons (Fsp3) is 0.765. The van der Waals surface area contributed by atoms with Crippen LogP contribution >= 0.6 is 24.8 Å². The van der Waals surface area contributed by atoms with Crippen LogP contribution in [0.3, 0.4) is 0 Å². The fourth-order valence-electron chi connectivity index (χ4n) is 5.01. The van der Waals surface area contributed by atoms with Gasteiger partial charge < -0.3 is 0 Å². The van der Waals surface area contributed by atoms with Crippen LogP contribution in [0.15, 0.2) is 22.1 Å². The number of hydrogen-bond acceptors (Lipinski definition) is 1. The van der Waals surface area contributed by atoms with Crippen molar-refractivity contribution in [3.05, 3.63) is 22.1 Å². The minimum atomic E-state index is -4.92. The Morgan fingerprint density at radius 3 is 1.59 bits per heavy atom. The molecular formula is C17H42Cl2NSiTi. The third-order valence-electron chi connectivity index (χ3n) is 8.35. The Labute approximate surface area is 143 Å². The second-order valence-corrected chi connectivity index (χ2v) is 82.8. The summed E-state index contributed by atoms with van der Waals surface area (Å²) in [6, 6.07) is 0. The van der Waals surface area contributed by atoms with Gasteiger partial charge in [0, 0.05) is 0 Å². The standard InChI is InChI=1S/C5H5.C4H10N.C2H7Si.6CH3.2ClH.Ti/c1-2-4-5-3-1;1-4(2,3)5;1-3-2;;;;;;;;;/h1-3H,4H2;5H,1-3H3;3H,1-2H3;6*1H3;2*1H;/q;-1;;;;;;;;;;+1. The molecule has 0 amide bonds. The SMILES string of the molecule is C[SiH](C)[Ti]([CH3])([CH3])([CH3])([CH3])([CH3])([CH3])([NH]C(C)(C)C)[C]1=CC=CC1.Cl.Cl. The van der Waals surface area contributed by atoms with Gasteiger partial charge in [0.15, 0.2) is 0 Å². The third kappa shape index (κ3) is 3.21. The quantitative estimate of drug-likeness (QED) is 0.493. The second kappa shape index (κ2) is 3.31. The van der Waals surface area contributed by atoms with E-state index in [2.05, 4.69) is 87.3 Å². The summed E-state index contributed by atoms with van der Waals surface area (Å²) < 4.78 is 6.00. The predicted molar refractivity (Wildman–Crippen MR) is 113 cm³/mol. The summed E-state index contributed by atoms with van der Waals surface area (Å²) in [7, 11) is -4.92. The number of hydrogen-bond donors (Lipinski definition) is 1. The van der Waals surface area contributed by atoms with Crippen molar-refractivity contribution >= 4 is 31.5 Å². The second-order valence-electron chi connectivity index (χ2n) is 17.5. The Kier molecular flexibility index (Phi) is 3.79. The van der Waals surface area contributed by atoms with E-state index in [0.717, 1.165) is 6.42 Å². The van der Waals surface area contributed by atoms with Gasteiger partial charge >= 0.3 is 119 Å². The number of nitrogens with one attached hydrogen (secondary N) is 1. The molecule has 0 radical (unpaired) electrons. The molecule has 0 atom stereocenters. The molecule has 0 unspecified atom stereocenters. The predicted octanol–water partition coefficient (Wildman–Crippen LogP) is 7.08. The first-order valence-electron chi connectivity index (χ1n) is 8.41. The zero-order valence-electron chi connectivity index (χ0n) is 16.8. The van der Waals surface area contributed by atoms with Gasteiger partial charge in [-0.05, 0) is 0 Å². The van der Waals surface area contributed by atoms with Crippen molar-refractivity contribution in [1.29, 1.82) is 0 Å². The van der Waals surface area contributed by atoms with Gasteiger partial charge in [-0.15, -0.1) is 24.8 Å². The van der Waals surface area contributed by atoms with E-state index in [1.807, 2.05) is 0 Å². The van der Waals surface area contributed by atoms with E-state index < -0.39 is 16.4 Å². The topological polar surface area (TPSA) is 12.0 Å². The molecule has 0 saturated heterocycles. The number of allylic oxidation sites excluding steroid dienone is 4. The Hall–Kier alpha value is 0.951. The Morgan fingerprint density at radius 1 is 0.955 bits per heavy atom. The summed E-state index contributed by atoms with van der Waals surface area (Å²) in [4.78, 5) is 0. The van der Waals surface area contributed by atoms with E-state index in [4.69, 9.17) is 0 Å². The zero-order chi connectivity index (χ0) is 16.5. The van der Waals surface area contributed by atoms with Crippen LogP contribution in [0.2, 0.25) is 44.5 Å². The summed E-state index contributed by atoms with van der Waals surface area (Å²) in [5.74, 6) is 0. The molecule has 0 aromatic rings. The van der Waals surface area contributed by atoms with Gasteiger partial charge in [-0.25, -0.2) is 0 Å². The molecule has 0 aromatic carbocycles. The first-order chi connectivity index (χ1) is 7.95. The van der Waals surface area contributed by atoms with Gasteiger partial charge in [0.1, 0.15) is 0 Å². The van der Waals surface area contributed by atoms with Crippen LogP contribution in [0.1, 0.15) is 27.2 Å². The van der Waals surface area contributed by atoms with Crippen LogP contribution in [0, 0.1) is 0 Å². The summed E-state index contributed by atoms with van der Waals surface area (Å²) in [6.45, 7) is 10.8. The summed E-state index contributed by atoms with van der Waals surface area (Å²) >= 11 is 0. The van der Waals surface area contributed by atoms with E-state index in [1.54, 1.807) is 3.88 Å². The fourth-order valence-corrected chi connectivity index (χ4v) is 26.5. The number of halogens is 2. The number of rotatable bonds is 3. The average molecular weight is 407 g/mol. The van der Waals surface area contributed by atoms with Crippen molar-refractivity contribution < 1.29 is 9.69 Å². The molecule has 1 N–H and O–H groups in total. The Bertz CT molecular complexity index is 609. The van der Waals surface area contributed by atoms with Crippen LogP contribution in [-0.2, 0) is 9.69 Å². The molecule has 1 aliphatic carbocycles. The molecule has 1 rings (SSSR count). The molecule has 1 aliphatic rings. The van der Waals surface area contributed by atoms with Crippen LogP contribution < -0.4 is 3.80 Å². The van der Waals surface area contributed by atoms with Crippen molar-refractivity contribution in [2.24, 2.45) is 0 Å². The van der Waals surface area contributed by atoms with E-state index >= 15 is 0 Å². The molecule has 0 heterocycles. The molecule has 0 aromatic heterocycles. The summed E-state index contributed by atoms with van der Waals surface area (Å²) in [6.07, 6.45) is 8.08. The van der Waals surface area contributed by atoms with Gasteiger partial charge in [0.05, 0.1) is 0 Å². The van der Waals surface area contributed by atoms with E-state index in [0.29, 0.717) is 0 Å². The molecule has 0 bridgehead atoms. The van der Waals surface area contributed by atoms with Gasteiger partial charge in [-0.3, -0.25) is 0 Å². The smallest absolute Gasteiger partial charge is 0.147 e. The van der Waals surface area contributed by atoms with E-state index in [9.17, 15) is 0 Å². The summed E-state index contributed by atoms with van der Waals surface area (Å²) in [5, 5.41) is 15.8. The molecule has 0 spiro atoms.